The molecule has 0 aromatic rings. The van der Waals surface area contributed by atoms with Crippen LogP contribution in [0.2, 0.25) is 0 Å². The maximum absolute atomic E-state index is 8.80. The van der Waals surface area contributed by atoms with Crippen molar-refractivity contribution < 1.29 is 5.11 Å². The van der Waals surface area contributed by atoms with Crippen molar-refractivity contribution in [2.24, 2.45) is 0 Å². The first kappa shape index (κ1) is 9.44. The van der Waals surface area contributed by atoms with Crippen molar-refractivity contribution in [1.82, 2.24) is 0 Å². The quantitative estimate of drug-likeness (QED) is 0.594. The zero-order valence-electron chi connectivity index (χ0n) is 6.75. The number of hydrogen-bond donors (Lipinski definition) is 1. The third kappa shape index (κ3) is 7.44. The molecule has 0 aliphatic carbocycles. The van der Waals surface area contributed by atoms with Crippen molar-refractivity contribution in [3.05, 3.63) is 24.3 Å². The van der Waals surface area contributed by atoms with Crippen LogP contribution in [0.15, 0.2) is 24.3 Å². The van der Waals surface area contributed by atoms with E-state index in [4.69, 9.17) is 5.11 Å². The maximum atomic E-state index is 8.80. The van der Waals surface area contributed by atoms with Crippen molar-refractivity contribution in [3.63, 3.8) is 0 Å². The van der Waals surface area contributed by atoms with Gasteiger partial charge in [0.05, 0.1) is 6.10 Å². The van der Waals surface area contributed by atoms with Gasteiger partial charge in [0.1, 0.15) is 0 Å². The molecule has 58 valence electrons. The second-order valence-corrected chi connectivity index (χ2v) is 2.28. The van der Waals surface area contributed by atoms with Crippen molar-refractivity contribution in [2.75, 3.05) is 0 Å². The summed E-state index contributed by atoms with van der Waals surface area (Å²) in [6.07, 6.45) is 9.68. The van der Waals surface area contributed by atoms with E-state index >= 15 is 0 Å². The van der Waals surface area contributed by atoms with Gasteiger partial charge in [-0.1, -0.05) is 31.2 Å². The molecule has 0 radical (unpaired) electrons. The van der Waals surface area contributed by atoms with E-state index in [9.17, 15) is 0 Å². The lowest BCUT2D eigenvalue weighted by Gasteiger charge is -1.90. The minimum absolute atomic E-state index is 0.310. The Labute approximate surface area is 63.1 Å². The molecule has 0 amide bonds. The zero-order chi connectivity index (χ0) is 7.82. The fraction of sp³-hybridized carbons (Fsp3) is 0.556. The molecule has 0 aliphatic heterocycles. The van der Waals surface area contributed by atoms with Gasteiger partial charge in [-0.25, -0.2) is 0 Å². The summed E-state index contributed by atoms with van der Waals surface area (Å²) in [4.78, 5) is 0. The van der Waals surface area contributed by atoms with E-state index < -0.39 is 0 Å². The van der Waals surface area contributed by atoms with Gasteiger partial charge in [0.2, 0.25) is 0 Å². The van der Waals surface area contributed by atoms with Crippen LogP contribution in [-0.4, -0.2) is 11.2 Å². The van der Waals surface area contributed by atoms with Crippen molar-refractivity contribution in [1.29, 1.82) is 0 Å². The van der Waals surface area contributed by atoms with Crippen LogP contribution in [0.3, 0.4) is 0 Å². The van der Waals surface area contributed by atoms with Crippen molar-refractivity contribution >= 4 is 0 Å². The van der Waals surface area contributed by atoms with Crippen LogP contribution in [0.25, 0.3) is 0 Å². The van der Waals surface area contributed by atoms with Crippen LogP contribution in [-0.2, 0) is 0 Å². The molecule has 0 saturated carbocycles. The molecular formula is C9H16O. The molecule has 1 unspecified atom stereocenters. The van der Waals surface area contributed by atoms with Gasteiger partial charge in [-0.2, -0.15) is 0 Å². The van der Waals surface area contributed by atoms with Crippen molar-refractivity contribution in [3.8, 4) is 0 Å². The molecule has 0 fully saturated rings. The molecule has 0 aromatic carbocycles. The number of hydrogen-bond acceptors (Lipinski definition) is 1. The molecule has 10 heavy (non-hydrogen) atoms. The second kappa shape index (κ2) is 6.56. The smallest absolute Gasteiger partial charge is 0.0692 e. The van der Waals surface area contributed by atoms with Crippen LogP contribution in [0.4, 0.5) is 0 Å². The Kier molecular flexibility index (Phi) is 6.19. The summed E-state index contributed by atoms with van der Waals surface area (Å²) in [6.45, 7) is 3.86. The van der Waals surface area contributed by atoms with E-state index in [1.54, 1.807) is 13.0 Å². The van der Waals surface area contributed by atoms with E-state index in [1.807, 2.05) is 6.08 Å². The van der Waals surface area contributed by atoms with Crippen LogP contribution >= 0.6 is 0 Å². The third-order valence-electron chi connectivity index (χ3n) is 1.09. The van der Waals surface area contributed by atoms with Gasteiger partial charge in [-0.05, 0) is 19.8 Å². The number of rotatable bonds is 4. The van der Waals surface area contributed by atoms with E-state index in [1.165, 1.54) is 0 Å². The van der Waals surface area contributed by atoms with Gasteiger partial charge < -0.3 is 5.11 Å². The molecule has 1 atom stereocenters. The first-order chi connectivity index (χ1) is 4.77. The summed E-state index contributed by atoms with van der Waals surface area (Å²) in [6, 6.07) is 0. The van der Waals surface area contributed by atoms with Crippen LogP contribution in [0.1, 0.15) is 26.7 Å². The lowest BCUT2D eigenvalue weighted by molar-refractivity contribution is 0.244. The third-order valence-corrected chi connectivity index (χ3v) is 1.09. The van der Waals surface area contributed by atoms with E-state index in [-0.39, 0.29) is 6.10 Å². The maximum Gasteiger partial charge on any atom is 0.0692 e. The summed E-state index contributed by atoms with van der Waals surface area (Å²) in [5.41, 5.74) is 0. The fourth-order valence-corrected chi connectivity index (χ4v) is 0.617. The summed E-state index contributed by atoms with van der Waals surface area (Å²) < 4.78 is 0. The van der Waals surface area contributed by atoms with Gasteiger partial charge in [-0.3, -0.25) is 0 Å². The Morgan fingerprint density at radius 2 is 2.00 bits per heavy atom. The minimum atomic E-state index is -0.310. The fourth-order valence-electron chi connectivity index (χ4n) is 0.617. The molecular weight excluding hydrogens is 124 g/mol. The predicted molar refractivity (Wildman–Crippen MR) is 44.9 cm³/mol. The Morgan fingerprint density at radius 3 is 2.50 bits per heavy atom. The normalized spacial score (nSPS) is 15.1. The first-order valence-corrected chi connectivity index (χ1v) is 3.77. The lowest BCUT2D eigenvalue weighted by Crippen LogP contribution is -1.90. The molecule has 0 rings (SSSR count). The Balaban J connectivity index is 3.26. The second-order valence-electron chi connectivity index (χ2n) is 2.28. The highest BCUT2D eigenvalue weighted by atomic mass is 16.3. The molecule has 0 heterocycles. The highest BCUT2D eigenvalue weighted by Crippen LogP contribution is 1.90. The van der Waals surface area contributed by atoms with Gasteiger partial charge in [0, 0.05) is 0 Å². The van der Waals surface area contributed by atoms with Crippen LogP contribution in [0.5, 0.6) is 0 Å². The predicted octanol–water partition coefficient (Wildman–Crippen LogP) is 2.28. The topological polar surface area (TPSA) is 20.2 Å². The standard InChI is InChI=1S/C9H16O/c1-3-4-5-6-7-8-9(2)10/h4-5,7-10H,3,6H2,1-2H3. The van der Waals surface area contributed by atoms with E-state index in [2.05, 4.69) is 19.1 Å². The zero-order valence-corrected chi connectivity index (χ0v) is 6.75. The number of allylic oxidation sites excluding steroid dienone is 3. The largest absolute Gasteiger partial charge is 0.389 e. The highest BCUT2D eigenvalue weighted by Gasteiger charge is 1.81. The Hall–Kier alpha value is -0.560. The average molecular weight is 140 g/mol. The average Bonchev–Trinajstić information content (AvgIpc) is 1.87. The van der Waals surface area contributed by atoms with Crippen LogP contribution < -0.4 is 0 Å². The Bertz CT molecular complexity index is 112. The van der Waals surface area contributed by atoms with Gasteiger partial charge in [-0.15, -0.1) is 0 Å². The molecule has 1 heteroatoms. The molecule has 1 N–H and O–H groups in total. The molecule has 1 nitrogen and oxygen atoms in total. The summed E-state index contributed by atoms with van der Waals surface area (Å²) >= 11 is 0. The summed E-state index contributed by atoms with van der Waals surface area (Å²) in [5.74, 6) is 0. The number of aliphatic hydroxyl groups excluding tert-OH is 1. The monoisotopic (exact) mass is 140 g/mol. The van der Waals surface area contributed by atoms with Crippen molar-refractivity contribution in [2.45, 2.75) is 32.8 Å². The Morgan fingerprint density at radius 1 is 1.30 bits per heavy atom. The van der Waals surface area contributed by atoms with Crippen LogP contribution in [0, 0.1) is 0 Å². The summed E-state index contributed by atoms with van der Waals surface area (Å²) in [5, 5.41) is 8.80. The van der Waals surface area contributed by atoms with E-state index in [0.717, 1.165) is 12.8 Å². The molecule has 0 aliphatic rings. The van der Waals surface area contributed by atoms with Gasteiger partial charge in [0.15, 0.2) is 0 Å². The van der Waals surface area contributed by atoms with E-state index in [0.29, 0.717) is 0 Å². The lowest BCUT2D eigenvalue weighted by atomic mass is 10.3. The number of aliphatic hydroxyl groups is 1. The molecule has 0 aromatic heterocycles. The molecule has 0 bridgehead atoms. The highest BCUT2D eigenvalue weighted by molar-refractivity contribution is 4.94. The minimum Gasteiger partial charge on any atom is -0.389 e. The molecule has 0 spiro atoms. The van der Waals surface area contributed by atoms with Gasteiger partial charge >= 0.3 is 0 Å². The SMILES string of the molecule is CCC=CCC=CC(C)O. The van der Waals surface area contributed by atoms with Gasteiger partial charge in [0.25, 0.3) is 0 Å². The first-order valence-electron chi connectivity index (χ1n) is 3.77. The molecule has 0 saturated heterocycles. The summed E-state index contributed by atoms with van der Waals surface area (Å²) in [7, 11) is 0.